The lowest BCUT2D eigenvalue weighted by atomic mass is 10.1. The lowest BCUT2D eigenvalue weighted by molar-refractivity contribution is 0.435. The predicted octanol–water partition coefficient (Wildman–Crippen LogP) is 1.96. The summed E-state index contributed by atoms with van der Waals surface area (Å²) in [7, 11) is 0. The Morgan fingerprint density at radius 1 is 1.54 bits per heavy atom. The highest BCUT2D eigenvalue weighted by Crippen LogP contribution is 2.07. The van der Waals surface area contributed by atoms with Gasteiger partial charge >= 0.3 is 0 Å². The molecule has 0 aromatic carbocycles. The van der Waals surface area contributed by atoms with Crippen LogP contribution in [0.2, 0.25) is 5.15 Å². The number of halogens is 2. The zero-order chi connectivity index (χ0) is 9.68. The molecule has 1 unspecified atom stereocenters. The average molecular weight is 203 g/mol. The van der Waals surface area contributed by atoms with Crippen LogP contribution in [0.3, 0.4) is 0 Å². The molecular weight excluding hydrogens is 191 g/mol. The summed E-state index contributed by atoms with van der Waals surface area (Å²) in [4.78, 5) is 3.91. The van der Waals surface area contributed by atoms with Gasteiger partial charge in [-0.15, -0.1) is 0 Å². The Morgan fingerprint density at radius 2 is 2.31 bits per heavy atom. The van der Waals surface area contributed by atoms with Gasteiger partial charge in [0.05, 0.1) is 6.67 Å². The first-order valence-electron chi connectivity index (χ1n) is 4.14. The molecule has 0 spiro atoms. The smallest absolute Gasteiger partial charge is 0.129 e. The third kappa shape index (κ3) is 3.70. The number of aromatic nitrogens is 1. The number of pyridine rings is 1. The van der Waals surface area contributed by atoms with E-state index >= 15 is 0 Å². The lowest BCUT2D eigenvalue weighted by Crippen LogP contribution is -2.23. The van der Waals surface area contributed by atoms with Crippen LogP contribution in [-0.4, -0.2) is 17.7 Å². The van der Waals surface area contributed by atoms with Crippen molar-refractivity contribution in [3.05, 3.63) is 29.0 Å². The monoisotopic (exact) mass is 202 g/mol. The number of alkyl halides is 1. The van der Waals surface area contributed by atoms with Crippen molar-refractivity contribution in [3.63, 3.8) is 0 Å². The van der Waals surface area contributed by atoms with Crippen molar-refractivity contribution in [2.45, 2.75) is 18.9 Å². The van der Waals surface area contributed by atoms with Crippen LogP contribution in [0.5, 0.6) is 0 Å². The summed E-state index contributed by atoms with van der Waals surface area (Å²) in [6.45, 7) is -0.373. The second kappa shape index (κ2) is 5.14. The summed E-state index contributed by atoms with van der Waals surface area (Å²) in [5, 5.41) is 0.461. The molecule has 0 bridgehead atoms. The first-order chi connectivity index (χ1) is 6.22. The van der Waals surface area contributed by atoms with E-state index in [4.69, 9.17) is 17.3 Å². The van der Waals surface area contributed by atoms with E-state index in [1.54, 1.807) is 12.3 Å². The fourth-order valence-corrected chi connectivity index (χ4v) is 1.18. The maximum absolute atomic E-state index is 11.9. The van der Waals surface area contributed by atoms with Gasteiger partial charge in [0.2, 0.25) is 0 Å². The molecule has 2 N–H and O–H groups in total. The number of rotatable bonds is 4. The standard InChI is InChI=1S/C9H12ClFN2/c10-9-2-1-7(6-13-9)5-8(12)3-4-11/h1-2,6,8H,3-5,12H2. The zero-order valence-electron chi connectivity index (χ0n) is 7.21. The van der Waals surface area contributed by atoms with E-state index in [0.717, 1.165) is 5.56 Å². The topological polar surface area (TPSA) is 38.9 Å². The van der Waals surface area contributed by atoms with Crippen molar-refractivity contribution >= 4 is 11.6 Å². The van der Waals surface area contributed by atoms with Crippen molar-refractivity contribution in [2.75, 3.05) is 6.67 Å². The predicted molar refractivity (Wildman–Crippen MR) is 51.5 cm³/mol. The van der Waals surface area contributed by atoms with Crippen LogP contribution in [0.25, 0.3) is 0 Å². The van der Waals surface area contributed by atoms with Gasteiger partial charge < -0.3 is 5.73 Å². The Bertz CT molecular complexity index is 250. The average Bonchev–Trinajstić information content (AvgIpc) is 2.09. The highest BCUT2D eigenvalue weighted by atomic mass is 35.5. The molecule has 0 fully saturated rings. The molecular formula is C9H12ClFN2. The minimum absolute atomic E-state index is 0.132. The van der Waals surface area contributed by atoms with Gasteiger partial charge in [0.25, 0.3) is 0 Å². The molecule has 1 atom stereocenters. The van der Waals surface area contributed by atoms with Crippen LogP contribution < -0.4 is 5.73 Å². The van der Waals surface area contributed by atoms with E-state index in [0.29, 0.717) is 18.0 Å². The Labute approximate surface area is 81.9 Å². The van der Waals surface area contributed by atoms with Crippen LogP contribution in [0.1, 0.15) is 12.0 Å². The normalized spacial score (nSPS) is 12.8. The Hall–Kier alpha value is -0.670. The third-order valence-electron chi connectivity index (χ3n) is 1.77. The van der Waals surface area contributed by atoms with E-state index in [1.807, 2.05) is 6.07 Å². The fourth-order valence-electron chi connectivity index (χ4n) is 1.07. The van der Waals surface area contributed by atoms with Crippen LogP contribution in [0.15, 0.2) is 18.3 Å². The van der Waals surface area contributed by atoms with Crippen molar-refractivity contribution in [2.24, 2.45) is 5.73 Å². The van der Waals surface area contributed by atoms with Gasteiger partial charge in [0.1, 0.15) is 5.15 Å². The van der Waals surface area contributed by atoms with Crippen LogP contribution in [0, 0.1) is 0 Å². The van der Waals surface area contributed by atoms with Gasteiger partial charge in [-0.25, -0.2) is 4.98 Å². The largest absolute Gasteiger partial charge is 0.327 e. The molecule has 4 heteroatoms. The molecule has 1 aromatic heterocycles. The maximum Gasteiger partial charge on any atom is 0.129 e. The summed E-state index contributed by atoms with van der Waals surface area (Å²) in [5.74, 6) is 0. The molecule has 0 aliphatic carbocycles. The summed E-state index contributed by atoms with van der Waals surface area (Å²) < 4.78 is 11.9. The molecule has 13 heavy (non-hydrogen) atoms. The quantitative estimate of drug-likeness (QED) is 0.759. The summed E-state index contributed by atoms with van der Waals surface area (Å²) in [5.41, 5.74) is 6.64. The van der Waals surface area contributed by atoms with Crippen LogP contribution in [-0.2, 0) is 6.42 Å². The van der Waals surface area contributed by atoms with Crippen LogP contribution >= 0.6 is 11.6 Å². The molecule has 1 heterocycles. The van der Waals surface area contributed by atoms with E-state index in [2.05, 4.69) is 4.98 Å². The van der Waals surface area contributed by atoms with Crippen molar-refractivity contribution in [3.8, 4) is 0 Å². The number of nitrogens with zero attached hydrogens (tertiary/aromatic N) is 1. The van der Waals surface area contributed by atoms with E-state index in [1.165, 1.54) is 0 Å². The minimum Gasteiger partial charge on any atom is -0.327 e. The fraction of sp³-hybridized carbons (Fsp3) is 0.444. The zero-order valence-corrected chi connectivity index (χ0v) is 7.97. The van der Waals surface area contributed by atoms with Gasteiger partial charge in [-0.1, -0.05) is 17.7 Å². The highest BCUT2D eigenvalue weighted by Gasteiger charge is 2.03. The molecule has 72 valence electrons. The van der Waals surface area contributed by atoms with E-state index in [9.17, 15) is 4.39 Å². The summed E-state index contributed by atoms with van der Waals surface area (Å²) in [6.07, 6.45) is 2.71. The van der Waals surface area contributed by atoms with Gasteiger partial charge in [-0.3, -0.25) is 4.39 Å². The molecule has 0 aliphatic rings. The number of hydrogen-bond donors (Lipinski definition) is 1. The number of hydrogen-bond acceptors (Lipinski definition) is 2. The molecule has 0 radical (unpaired) electrons. The number of nitrogens with two attached hydrogens (primary N) is 1. The Kier molecular flexibility index (Phi) is 4.12. The van der Waals surface area contributed by atoms with E-state index < -0.39 is 0 Å². The summed E-state index contributed by atoms with van der Waals surface area (Å²) in [6, 6.07) is 3.43. The molecule has 0 amide bonds. The third-order valence-corrected chi connectivity index (χ3v) is 1.99. The molecule has 1 rings (SSSR count). The van der Waals surface area contributed by atoms with Gasteiger partial charge in [0, 0.05) is 12.2 Å². The maximum atomic E-state index is 11.9. The van der Waals surface area contributed by atoms with Gasteiger partial charge in [-0.05, 0) is 24.5 Å². The van der Waals surface area contributed by atoms with Gasteiger partial charge in [0.15, 0.2) is 0 Å². The first-order valence-corrected chi connectivity index (χ1v) is 4.52. The first kappa shape index (κ1) is 10.4. The highest BCUT2D eigenvalue weighted by molar-refractivity contribution is 6.29. The van der Waals surface area contributed by atoms with Gasteiger partial charge in [-0.2, -0.15) is 0 Å². The molecule has 1 aromatic rings. The Morgan fingerprint density at radius 3 is 2.85 bits per heavy atom. The molecule has 0 saturated carbocycles. The lowest BCUT2D eigenvalue weighted by Gasteiger charge is -2.08. The second-order valence-electron chi connectivity index (χ2n) is 2.93. The SMILES string of the molecule is NC(CCF)Cc1ccc(Cl)nc1. The summed E-state index contributed by atoms with van der Waals surface area (Å²) >= 11 is 5.61. The van der Waals surface area contributed by atoms with E-state index in [-0.39, 0.29) is 12.7 Å². The minimum atomic E-state index is -0.373. The molecule has 0 saturated heterocycles. The molecule has 0 aliphatic heterocycles. The molecule has 2 nitrogen and oxygen atoms in total. The Balaban J connectivity index is 2.49. The second-order valence-corrected chi connectivity index (χ2v) is 3.32. The van der Waals surface area contributed by atoms with Crippen molar-refractivity contribution in [1.29, 1.82) is 0 Å². The van der Waals surface area contributed by atoms with Crippen molar-refractivity contribution in [1.82, 2.24) is 4.98 Å². The van der Waals surface area contributed by atoms with Crippen molar-refractivity contribution < 1.29 is 4.39 Å². The van der Waals surface area contributed by atoms with Crippen LogP contribution in [0.4, 0.5) is 4.39 Å².